The molecule has 1 aromatic heterocycles. The fourth-order valence-electron chi connectivity index (χ4n) is 3.07. The molecule has 0 radical (unpaired) electrons. The van der Waals surface area contributed by atoms with E-state index in [1.807, 2.05) is 41.2 Å². The Morgan fingerprint density at radius 1 is 1.29 bits per heavy atom. The highest BCUT2D eigenvalue weighted by atomic mass is 127. The van der Waals surface area contributed by atoms with E-state index in [4.69, 9.17) is 9.73 Å². The Balaban J connectivity index is 0.00000280. The molecule has 0 saturated carbocycles. The minimum absolute atomic E-state index is 0. The number of nitrogens with zero attached hydrogens (tertiary/aromatic N) is 3. The van der Waals surface area contributed by atoms with Crippen LogP contribution in [0.5, 0.6) is 5.75 Å². The van der Waals surface area contributed by atoms with Crippen LogP contribution in [0, 0.1) is 0 Å². The molecule has 1 atom stereocenters. The first-order valence-electron chi connectivity index (χ1n) is 9.47. The summed E-state index contributed by atoms with van der Waals surface area (Å²) in [6.45, 7) is 6.74. The maximum absolute atomic E-state index is 5.20. The molecule has 1 aliphatic rings. The lowest BCUT2D eigenvalue weighted by molar-refractivity contribution is 0.414. The molecule has 154 valence electrons. The summed E-state index contributed by atoms with van der Waals surface area (Å²) in [5.74, 6) is 2.95. The SMILES string of the molecule is CCNC(=NCc1ccn(-c2ccc(OC)cc2)n1)NCC1(C)CCCS1.I. The summed E-state index contributed by atoms with van der Waals surface area (Å²) in [5.41, 5.74) is 1.94. The third-order valence-corrected chi connectivity index (χ3v) is 6.19. The minimum atomic E-state index is 0. The van der Waals surface area contributed by atoms with Crippen molar-refractivity contribution in [3.8, 4) is 11.4 Å². The van der Waals surface area contributed by atoms with E-state index in [0.717, 1.165) is 36.2 Å². The Kier molecular flexibility index (Phi) is 8.94. The maximum atomic E-state index is 5.20. The molecule has 1 unspecified atom stereocenters. The number of methoxy groups -OCH3 is 1. The monoisotopic (exact) mass is 515 g/mol. The topological polar surface area (TPSA) is 63.5 Å². The number of ether oxygens (including phenoxy) is 1. The van der Waals surface area contributed by atoms with Gasteiger partial charge in [0.15, 0.2) is 5.96 Å². The average Bonchev–Trinajstić information content (AvgIpc) is 3.34. The summed E-state index contributed by atoms with van der Waals surface area (Å²) in [7, 11) is 1.67. The summed E-state index contributed by atoms with van der Waals surface area (Å²) >= 11 is 2.05. The Hall–Kier alpha value is -1.42. The lowest BCUT2D eigenvalue weighted by Gasteiger charge is -2.24. The molecule has 8 heteroatoms. The van der Waals surface area contributed by atoms with E-state index in [2.05, 4.69) is 41.3 Å². The van der Waals surface area contributed by atoms with E-state index < -0.39 is 0 Å². The molecule has 28 heavy (non-hydrogen) atoms. The molecule has 3 rings (SSSR count). The third-order valence-electron chi connectivity index (χ3n) is 4.65. The lowest BCUT2D eigenvalue weighted by atomic mass is 10.1. The van der Waals surface area contributed by atoms with Crippen molar-refractivity contribution in [1.82, 2.24) is 20.4 Å². The predicted molar refractivity (Wildman–Crippen MR) is 128 cm³/mol. The second-order valence-corrected chi connectivity index (χ2v) is 8.58. The fourth-order valence-corrected chi connectivity index (χ4v) is 4.32. The van der Waals surface area contributed by atoms with E-state index >= 15 is 0 Å². The van der Waals surface area contributed by atoms with E-state index in [1.54, 1.807) is 7.11 Å². The van der Waals surface area contributed by atoms with Crippen molar-refractivity contribution in [2.24, 2.45) is 4.99 Å². The van der Waals surface area contributed by atoms with Crippen LogP contribution in [0.3, 0.4) is 0 Å². The number of aliphatic imine (C=N–C) groups is 1. The number of guanidine groups is 1. The number of hydrogen-bond donors (Lipinski definition) is 2. The van der Waals surface area contributed by atoms with Crippen LogP contribution in [0.2, 0.25) is 0 Å². The third kappa shape index (κ3) is 6.30. The number of hydrogen-bond acceptors (Lipinski definition) is 4. The minimum Gasteiger partial charge on any atom is -0.497 e. The molecule has 1 aromatic carbocycles. The van der Waals surface area contributed by atoms with Crippen molar-refractivity contribution in [3.05, 3.63) is 42.2 Å². The van der Waals surface area contributed by atoms with Crippen molar-refractivity contribution in [2.75, 3.05) is 26.0 Å². The predicted octanol–water partition coefficient (Wildman–Crippen LogP) is 3.84. The Morgan fingerprint density at radius 3 is 2.71 bits per heavy atom. The van der Waals surface area contributed by atoms with Gasteiger partial charge in [-0.25, -0.2) is 9.67 Å². The van der Waals surface area contributed by atoms with E-state index in [-0.39, 0.29) is 24.0 Å². The zero-order valence-corrected chi connectivity index (χ0v) is 19.9. The summed E-state index contributed by atoms with van der Waals surface area (Å²) < 4.78 is 7.38. The molecule has 0 spiro atoms. The quantitative estimate of drug-likeness (QED) is 0.334. The van der Waals surface area contributed by atoms with Crippen LogP contribution in [0.25, 0.3) is 5.69 Å². The number of benzene rings is 1. The zero-order chi connectivity index (χ0) is 19.1. The Morgan fingerprint density at radius 2 is 2.07 bits per heavy atom. The van der Waals surface area contributed by atoms with Crippen molar-refractivity contribution >= 4 is 41.7 Å². The van der Waals surface area contributed by atoms with Crippen molar-refractivity contribution in [2.45, 2.75) is 38.0 Å². The Labute approximate surface area is 188 Å². The van der Waals surface area contributed by atoms with Crippen molar-refractivity contribution < 1.29 is 4.74 Å². The molecule has 0 amide bonds. The summed E-state index contributed by atoms with van der Waals surface area (Å²) in [6, 6.07) is 9.85. The van der Waals surface area contributed by atoms with Crippen molar-refractivity contribution in [1.29, 1.82) is 0 Å². The largest absolute Gasteiger partial charge is 0.497 e. The van der Waals surface area contributed by atoms with Gasteiger partial charge in [-0.1, -0.05) is 0 Å². The fraction of sp³-hybridized carbons (Fsp3) is 0.500. The molecule has 0 aliphatic carbocycles. The molecule has 1 fully saturated rings. The van der Waals surface area contributed by atoms with Gasteiger partial charge in [0.05, 0.1) is 25.0 Å². The van der Waals surface area contributed by atoms with Crippen LogP contribution in [0.4, 0.5) is 0 Å². The smallest absolute Gasteiger partial charge is 0.191 e. The van der Waals surface area contributed by atoms with Gasteiger partial charge in [0, 0.05) is 24.0 Å². The van der Waals surface area contributed by atoms with E-state index in [0.29, 0.717) is 11.3 Å². The number of rotatable bonds is 7. The highest BCUT2D eigenvalue weighted by Gasteiger charge is 2.29. The number of aromatic nitrogens is 2. The van der Waals surface area contributed by atoms with E-state index in [1.165, 1.54) is 18.6 Å². The standard InChI is InChI=1S/C20H29N5OS.HI/c1-4-21-19(23-15-20(2)11-5-13-27-20)22-14-16-10-12-25(24-16)17-6-8-18(26-3)9-7-17;/h6-10,12H,4-5,11,13-15H2,1-3H3,(H2,21,22,23);1H. The van der Waals surface area contributed by atoms with Gasteiger partial charge >= 0.3 is 0 Å². The number of thioether (sulfide) groups is 1. The van der Waals surface area contributed by atoms with Crippen molar-refractivity contribution in [3.63, 3.8) is 0 Å². The van der Waals surface area contributed by atoms with Gasteiger partial charge in [-0.15, -0.1) is 24.0 Å². The highest BCUT2D eigenvalue weighted by molar-refractivity contribution is 14.0. The molecule has 1 aliphatic heterocycles. The first-order valence-corrected chi connectivity index (χ1v) is 10.5. The highest BCUT2D eigenvalue weighted by Crippen LogP contribution is 2.36. The molecule has 6 nitrogen and oxygen atoms in total. The van der Waals surface area contributed by atoms with Gasteiger partial charge < -0.3 is 15.4 Å². The van der Waals surface area contributed by atoms with Gasteiger partial charge in [0.1, 0.15) is 5.75 Å². The van der Waals surface area contributed by atoms with Crippen LogP contribution < -0.4 is 15.4 Å². The van der Waals surface area contributed by atoms with Gasteiger partial charge in [0.2, 0.25) is 0 Å². The van der Waals surface area contributed by atoms with Crippen LogP contribution in [0.1, 0.15) is 32.4 Å². The Bertz CT molecular complexity index is 756. The molecule has 2 N–H and O–H groups in total. The molecule has 2 aromatic rings. The molecular weight excluding hydrogens is 485 g/mol. The molecule has 0 bridgehead atoms. The zero-order valence-electron chi connectivity index (χ0n) is 16.8. The van der Waals surface area contributed by atoms with Crippen LogP contribution in [-0.4, -0.2) is 46.4 Å². The van der Waals surface area contributed by atoms with Gasteiger partial charge in [-0.3, -0.25) is 0 Å². The normalized spacial score (nSPS) is 19.2. The second kappa shape index (κ2) is 10.9. The van der Waals surface area contributed by atoms with Gasteiger partial charge in [-0.05, 0) is 62.8 Å². The second-order valence-electron chi connectivity index (χ2n) is 6.90. The van der Waals surface area contributed by atoms with Gasteiger partial charge in [0.25, 0.3) is 0 Å². The van der Waals surface area contributed by atoms with Crippen LogP contribution in [-0.2, 0) is 6.54 Å². The molecule has 2 heterocycles. The molecule has 1 saturated heterocycles. The average molecular weight is 515 g/mol. The van der Waals surface area contributed by atoms with Crippen LogP contribution >= 0.6 is 35.7 Å². The maximum Gasteiger partial charge on any atom is 0.191 e. The lowest BCUT2D eigenvalue weighted by Crippen LogP contribution is -2.43. The number of nitrogens with one attached hydrogen (secondary N) is 2. The van der Waals surface area contributed by atoms with Crippen LogP contribution in [0.15, 0.2) is 41.5 Å². The summed E-state index contributed by atoms with van der Waals surface area (Å²) in [4.78, 5) is 4.70. The summed E-state index contributed by atoms with van der Waals surface area (Å²) in [5, 5.41) is 11.4. The first-order chi connectivity index (χ1) is 13.1. The van der Waals surface area contributed by atoms with E-state index in [9.17, 15) is 0 Å². The molecular formula is C20H30IN5OS. The van der Waals surface area contributed by atoms with Gasteiger partial charge in [-0.2, -0.15) is 16.9 Å². The summed E-state index contributed by atoms with van der Waals surface area (Å²) in [6.07, 6.45) is 4.53. The first kappa shape index (κ1) is 22.9. The number of halogens is 1.